The summed E-state index contributed by atoms with van der Waals surface area (Å²) in [6.07, 6.45) is 2.39. The van der Waals surface area contributed by atoms with Crippen molar-refractivity contribution < 1.29 is 5.11 Å². The minimum Gasteiger partial charge on any atom is -0.389 e. The van der Waals surface area contributed by atoms with Crippen molar-refractivity contribution in [3.63, 3.8) is 0 Å². The van der Waals surface area contributed by atoms with Crippen molar-refractivity contribution in [2.75, 3.05) is 11.4 Å². The van der Waals surface area contributed by atoms with Crippen LogP contribution in [0, 0.1) is 0 Å². The monoisotopic (exact) mass is 260 g/mol. The van der Waals surface area contributed by atoms with Crippen LogP contribution in [-0.2, 0) is 13.0 Å². The van der Waals surface area contributed by atoms with E-state index in [4.69, 9.17) is 0 Å². The van der Waals surface area contributed by atoms with E-state index in [2.05, 4.69) is 21.3 Å². The highest BCUT2D eigenvalue weighted by Crippen LogP contribution is 2.30. The molecule has 1 aliphatic rings. The van der Waals surface area contributed by atoms with E-state index in [9.17, 15) is 5.11 Å². The van der Waals surface area contributed by atoms with Crippen molar-refractivity contribution in [2.24, 2.45) is 0 Å². The minimum absolute atomic E-state index is 0.474. The summed E-state index contributed by atoms with van der Waals surface area (Å²) in [4.78, 5) is 8.20. The summed E-state index contributed by atoms with van der Waals surface area (Å²) in [5.41, 5.74) is 2.31. The molecule has 0 saturated carbocycles. The molecule has 3 heterocycles. The van der Waals surface area contributed by atoms with E-state index >= 15 is 0 Å². The lowest BCUT2D eigenvalue weighted by molar-refractivity contribution is 0.199. The first kappa shape index (κ1) is 11.7. The van der Waals surface area contributed by atoms with Gasteiger partial charge in [0.1, 0.15) is 5.82 Å². The normalized spacial score (nSPS) is 16.4. The summed E-state index contributed by atoms with van der Waals surface area (Å²) in [6.45, 7) is 3.67. The van der Waals surface area contributed by atoms with E-state index in [0.29, 0.717) is 0 Å². The van der Waals surface area contributed by atoms with E-state index < -0.39 is 6.10 Å². The van der Waals surface area contributed by atoms with Crippen LogP contribution in [0.3, 0.4) is 0 Å². The molecule has 0 spiro atoms. The predicted octanol–water partition coefficient (Wildman–Crippen LogP) is 2.76. The maximum absolute atomic E-state index is 9.83. The molecule has 0 aromatic carbocycles. The van der Waals surface area contributed by atoms with Gasteiger partial charge >= 0.3 is 0 Å². The van der Waals surface area contributed by atoms with Gasteiger partial charge < -0.3 is 10.0 Å². The number of aromatic nitrogens is 1. The minimum atomic E-state index is -0.474. The van der Waals surface area contributed by atoms with E-state index in [1.54, 1.807) is 13.1 Å². The first-order chi connectivity index (χ1) is 8.75. The van der Waals surface area contributed by atoms with Crippen molar-refractivity contribution >= 4 is 17.2 Å². The Bertz CT molecular complexity index is 550. The number of hydrogen-bond donors (Lipinski definition) is 1. The number of fused-ring (bicyclic) bond motifs is 1. The molecule has 0 aliphatic carbocycles. The largest absolute Gasteiger partial charge is 0.389 e. The Labute approximate surface area is 111 Å². The lowest BCUT2D eigenvalue weighted by atomic mass is 10.1. The summed E-state index contributed by atoms with van der Waals surface area (Å²) in [6, 6.07) is 6.03. The number of thiophene rings is 1. The molecular formula is C14H16N2OS. The number of nitrogens with zero attached hydrogens (tertiary/aromatic N) is 2. The first-order valence-electron chi connectivity index (χ1n) is 6.19. The molecule has 2 aromatic rings. The van der Waals surface area contributed by atoms with Crippen LogP contribution in [0.2, 0.25) is 0 Å². The maximum atomic E-state index is 9.83. The van der Waals surface area contributed by atoms with Gasteiger partial charge in [0.2, 0.25) is 0 Å². The molecule has 1 N–H and O–H groups in total. The Hall–Kier alpha value is -1.39. The van der Waals surface area contributed by atoms with Crippen LogP contribution in [0.1, 0.15) is 29.0 Å². The summed E-state index contributed by atoms with van der Waals surface area (Å²) in [5, 5.41) is 12.0. The van der Waals surface area contributed by atoms with Crippen molar-refractivity contribution in [2.45, 2.75) is 26.0 Å². The Kier molecular flexibility index (Phi) is 3.06. The molecule has 18 heavy (non-hydrogen) atoms. The van der Waals surface area contributed by atoms with Crippen molar-refractivity contribution in [1.82, 2.24) is 4.98 Å². The van der Waals surface area contributed by atoms with Gasteiger partial charge in [-0.05, 0) is 36.4 Å². The van der Waals surface area contributed by atoms with Gasteiger partial charge in [-0.25, -0.2) is 4.98 Å². The summed E-state index contributed by atoms with van der Waals surface area (Å²) in [5.74, 6) is 0.921. The zero-order chi connectivity index (χ0) is 12.5. The number of aliphatic hydroxyl groups is 1. The molecule has 0 radical (unpaired) electrons. The standard InChI is InChI=1S/C14H16N2OS/c1-10(17)12-3-2-6-15-14(12)16-7-4-13-11(9-16)5-8-18-13/h2-3,5-6,8,10,17H,4,7,9H2,1H3. The van der Waals surface area contributed by atoms with Crippen molar-refractivity contribution in [3.05, 3.63) is 45.8 Å². The highest BCUT2D eigenvalue weighted by Gasteiger charge is 2.21. The number of aliphatic hydroxyl groups excluding tert-OH is 1. The van der Waals surface area contributed by atoms with Gasteiger partial charge in [0.25, 0.3) is 0 Å². The number of rotatable bonds is 2. The lowest BCUT2D eigenvalue weighted by Crippen LogP contribution is -2.31. The van der Waals surface area contributed by atoms with Crippen LogP contribution >= 0.6 is 11.3 Å². The highest BCUT2D eigenvalue weighted by molar-refractivity contribution is 7.10. The Balaban J connectivity index is 1.93. The Morgan fingerprint density at radius 1 is 1.44 bits per heavy atom. The molecule has 3 rings (SSSR count). The quantitative estimate of drug-likeness (QED) is 0.902. The van der Waals surface area contributed by atoms with Crippen molar-refractivity contribution in [3.8, 4) is 0 Å². The molecule has 1 atom stereocenters. The van der Waals surface area contributed by atoms with Crippen LogP contribution in [0.5, 0.6) is 0 Å². The SMILES string of the molecule is CC(O)c1cccnc1N1CCc2sccc2C1. The van der Waals surface area contributed by atoms with Crippen LogP contribution in [0.15, 0.2) is 29.8 Å². The summed E-state index contributed by atoms with van der Waals surface area (Å²) >= 11 is 1.84. The van der Waals surface area contributed by atoms with E-state index in [0.717, 1.165) is 30.9 Å². The van der Waals surface area contributed by atoms with Gasteiger partial charge in [-0.1, -0.05) is 6.07 Å². The van der Waals surface area contributed by atoms with Crippen LogP contribution in [0.25, 0.3) is 0 Å². The van der Waals surface area contributed by atoms with Gasteiger partial charge in [0, 0.05) is 29.7 Å². The average Bonchev–Trinajstić information content (AvgIpc) is 2.85. The number of anilines is 1. The summed E-state index contributed by atoms with van der Waals surface area (Å²) < 4.78 is 0. The second kappa shape index (κ2) is 4.71. The molecular weight excluding hydrogens is 244 g/mol. The second-order valence-electron chi connectivity index (χ2n) is 4.63. The topological polar surface area (TPSA) is 36.4 Å². The third-order valence-electron chi connectivity index (χ3n) is 3.37. The average molecular weight is 260 g/mol. The molecule has 0 saturated heterocycles. The lowest BCUT2D eigenvalue weighted by Gasteiger charge is -2.30. The Morgan fingerprint density at radius 2 is 2.33 bits per heavy atom. The van der Waals surface area contributed by atoms with Crippen LogP contribution < -0.4 is 4.90 Å². The molecule has 1 unspecified atom stereocenters. The van der Waals surface area contributed by atoms with Gasteiger partial charge in [0.15, 0.2) is 0 Å². The molecule has 0 fully saturated rings. The van der Waals surface area contributed by atoms with Gasteiger partial charge in [-0.3, -0.25) is 0 Å². The van der Waals surface area contributed by atoms with E-state index in [1.165, 1.54) is 10.4 Å². The van der Waals surface area contributed by atoms with Crippen molar-refractivity contribution in [1.29, 1.82) is 0 Å². The predicted molar refractivity (Wildman–Crippen MR) is 73.9 cm³/mol. The van der Waals surface area contributed by atoms with Crippen LogP contribution in [-0.4, -0.2) is 16.6 Å². The fourth-order valence-corrected chi connectivity index (χ4v) is 3.32. The van der Waals surface area contributed by atoms with Gasteiger partial charge in [-0.2, -0.15) is 0 Å². The van der Waals surface area contributed by atoms with E-state index in [-0.39, 0.29) is 0 Å². The maximum Gasteiger partial charge on any atom is 0.134 e. The molecule has 3 nitrogen and oxygen atoms in total. The zero-order valence-corrected chi connectivity index (χ0v) is 11.2. The molecule has 94 valence electrons. The molecule has 1 aliphatic heterocycles. The second-order valence-corrected chi connectivity index (χ2v) is 5.63. The first-order valence-corrected chi connectivity index (χ1v) is 7.07. The van der Waals surface area contributed by atoms with Gasteiger partial charge in [-0.15, -0.1) is 11.3 Å². The fourth-order valence-electron chi connectivity index (χ4n) is 2.43. The third kappa shape index (κ3) is 2.02. The molecule has 0 amide bonds. The van der Waals surface area contributed by atoms with Gasteiger partial charge in [0.05, 0.1) is 6.10 Å². The van der Waals surface area contributed by atoms with E-state index in [1.807, 2.05) is 23.5 Å². The fraction of sp³-hybridized carbons (Fsp3) is 0.357. The Morgan fingerprint density at radius 3 is 3.17 bits per heavy atom. The highest BCUT2D eigenvalue weighted by atomic mass is 32.1. The van der Waals surface area contributed by atoms with Crippen LogP contribution in [0.4, 0.5) is 5.82 Å². The summed E-state index contributed by atoms with van der Waals surface area (Å²) in [7, 11) is 0. The third-order valence-corrected chi connectivity index (χ3v) is 4.40. The molecule has 4 heteroatoms. The molecule has 2 aromatic heterocycles. The smallest absolute Gasteiger partial charge is 0.134 e. The molecule has 0 bridgehead atoms. The zero-order valence-electron chi connectivity index (χ0n) is 10.3. The number of pyridine rings is 1. The number of hydrogen-bond acceptors (Lipinski definition) is 4.